The van der Waals surface area contributed by atoms with Crippen molar-refractivity contribution in [2.75, 3.05) is 34.5 Å². The first-order valence-corrected chi connectivity index (χ1v) is 9.30. The van der Waals surface area contributed by atoms with Crippen LogP contribution in [0.5, 0.6) is 17.2 Å². The van der Waals surface area contributed by atoms with Crippen LogP contribution >= 0.6 is 0 Å². The van der Waals surface area contributed by atoms with Crippen molar-refractivity contribution in [3.63, 3.8) is 0 Å². The van der Waals surface area contributed by atoms with Crippen LogP contribution in [0.2, 0.25) is 0 Å². The van der Waals surface area contributed by atoms with Crippen molar-refractivity contribution in [1.82, 2.24) is 4.90 Å². The molecule has 26 heavy (non-hydrogen) atoms. The molecule has 148 valence electrons. The molecule has 0 unspecified atom stereocenters. The number of benzene rings is 1. The van der Waals surface area contributed by atoms with Crippen molar-refractivity contribution < 1.29 is 24.1 Å². The number of piperidine rings is 1. The minimum absolute atomic E-state index is 0.298. The molecule has 0 bridgehead atoms. The third-order valence-electron chi connectivity index (χ3n) is 5.10. The number of nitrogens with zero attached hydrogens (tertiary/aromatic N) is 1. The minimum atomic E-state index is -0.500. The molecule has 0 saturated carbocycles. The first-order valence-electron chi connectivity index (χ1n) is 9.30. The summed E-state index contributed by atoms with van der Waals surface area (Å²) in [6, 6.07) is 4.76. The molecule has 6 heteroatoms. The highest BCUT2D eigenvalue weighted by atomic mass is 16.5. The molecule has 0 spiro atoms. The van der Waals surface area contributed by atoms with Crippen molar-refractivity contribution in [1.29, 1.82) is 0 Å². The minimum Gasteiger partial charge on any atom is -0.493 e. The molecular formula is C20H33NO5. The lowest BCUT2D eigenvalue weighted by Crippen LogP contribution is -2.48. The molecule has 0 amide bonds. The van der Waals surface area contributed by atoms with Crippen LogP contribution in [0.25, 0.3) is 0 Å². The first kappa shape index (κ1) is 20.8. The van der Waals surface area contributed by atoms with E-state index in [1.165, 1.54) is 19.3 Å². The average Bonchev–Trinajstić information content (AvgIpc) is 2.63. The van der Waals surface area contributed by atoms with E-state index in [4.69, 9.17) is 18.9 Å². The molecule has 3 atom stereocenters. The van der Waals surface area contributed by atoms with Crippen LogP contribution in [0.15, 0.2) is 12.1 Å². The number of hydrogen-bond donors (Lipinski definition) is 1. The lowest BCUT2D eigenvalue weighted by Gasteiger charge is -2.40. The Balaban J connectivity index is 1.88. The van der Waals surface area contributed by atoms with Crippen LogP contribution in [0.3, 0.4) is 0 Å². The zero-order valence-electron chi connectivity index (χ0n) is 16.7. The highest BCUT2D eigenvalue weighted by Gasteiger charge is 2.26. The average molecular weight is 367 g/mol. The van der Waals surface area contributed by atoms with E-state index in [2.05, 4.69) is 18.7 Å². The van der Waals surface area contributed by atoms with Gasteiger partial charge in [-0.05, 0) is 44.4 Å². The summed E-state index contributed by atoms with van der Waals surface area (Å²) in [6.07, 6.45) is 3.17. The van der Waals surface area contributed by atoms with Crippen LogP contribution in [0, 0.1) is 0 Å². The van der Waals surface area contributed by atoms with Crippen LogP contribution in [0.4, 0.5) is 0 Å². The Kier molecular flexibility index (Phi) is 8.00. The number of ether oxygens (including phenoxy) is 4. The van der Waals surface area contributed by atoms with Crippen LogP contribution in [-0.2, 0) is 11.3 Å². The van der Waals surface area contributed by atoms with Gasteiger partial charge < -0.3 is 24.1 Å². The SMILES string of the molecule is COc1cc(COC[C@@H](O)CN2[C@H](C)CCC[C@H]2C)cc(OC)c1OC. The van der Waals surface area contributed by atoms with Gasteiger partial charge in [0.2, 0.25) is 5.75 Å². The van der Waals surface area contributed by atoms with Crippen LogP contribution in [-0.4, -0.2) is 62.7 Å². The standard InChI is InChI=1S/C20H33NO5/c1-14-7-6-8-15(2)21(14)11-17(22)13-26-12-16-9-18(23-3)20(25-5)19(10-16)24-4/h9-10,14-15,17,22H,6-8,11-13H2,1-5H3/t14-,15-,17+/m1/s1. The number of likely N-dealkylation sites (tertiary alicyclic amines) is 1. The molecular weight excluding hydrogens is 334 g/mol. The van der Waals surface area contributed by atoms with E-state index < -0.39 is 6.10 Å². The Morgan fingerprint density at radius 1 is 1.04 bits per heavy atom. The Morgan fingerprint density at radius 2 is 1.62 bits per heavy atom. The van der Waals surface area contributed by atoms with Gasteiger partial charge in [-0.25, -0.2) is 0 Å². The Labute approximate surface area is 157 Å². The summed E-state index contributed by atoms with van der Waals surface area (Å²) in [5.74, 6) is 1.76. The van der Waals surface area contributed by atoms with Crippen molar-refractivity contribution in [3.05, 3.63) is 17.7 Å². The van der Waals surface area contributed by atoms with Gasteiger partial charge in [-0.2, -0.15) is 0 Å². The molecule has 1 aromatic rings. The maximum atomic E-state index is 10.4. The predicted molar refractivity (Wildman–Crippen MR) is 101 cm³/mol. The molecule has 1 fully saturated rings. The Hall–Kier alpha value is -1.50. The summed E-state index contributed by atoms with van der Waals surface area (Å²) in [6.45, 7) is 5.79. The third kappa shape index (κ3) is 5.25. The fourth-order valence-electron chi connectivity index (χ4n) is 3.66. The molecule has 0 radical (unpaired) electrons. The van der Waals surface area contributed by atoms with E-state index in [1.54, 1.807) is 21.3 Å². The van der Waals surface area contributed by atoms with Gasteiger partial charge >= 0.3 is 0 Å². The summed E-state index contributed by atoms with van der Waals surface area (Å²) in [4.78, 5) is 2.39. The van der Waals surface area contributed by atoms with E-state index in [0.717, 1.165) is 5.56 Å². The fraction of sp³-hybridized carbons (Fsp3) is 0.700. The van der Waals surface area contributed by atoms with Crippen molar-refractivity contribution in [2.45, 2.75) is 57.9 Å². The first-order chi connectivity index (χ1) is 12.5. The number of rotatable bonds is 9. The second-order valence-corrected chi connectivity index (χ2v) is 7.03. The maximum Gasteiger partial charge on any atom is 0.203 e. The van der Waals surface area contributed by atoms with Crippen molar-refractivity contribution in [2.24, 2.45) is 0 Å². The lowest BCUT2D eigenvalue weighted by atomic mass is 9.97. The van der Waals surface area contributed by atoms with Gasteiger partial charge in [-0.3, -0.25) is 4.90 Å². The molecule has 1 aromatic carbocycles. The van der Waals surface area contributed by atoms with Gasteiger partial charge in [0.05, 0.1) is 40.6 Å². The van der Waals surface area contributed by atoms with Gasteiger partial charge in [-0.15, -0.1) is 0 Å². The molecule has 0 aliphatic carbocycles. The topological polar surface area (TPSA) is 60.4 Å². The molecule has 1 heterocycles. The highest BCUT2D eigenvalue weighted by molar-refractivity contribution is 5.53. The van der Waals surface area contributed by atoms with E-state index in [0.29, 0.717) is 49.1 Å². The Bertz CT molecular complexity index is 530. The molecule has 1 aliphatic rings. The largest absolute Gasteiger partial charge is 0.493 e. The second kappa shape index (κ2) is 10.00. The van der Waals surface area contributed by atoms with E-state index >= 15 is 0 Å². The van der Waals surface area contributed by atoms with Crippen LogP contribution in [0.1, 0.15) is 38.7 Å². The molecule has 1 N–H and O–H groups in total. The van der Waals surface area contributed by atoms with E-state index in [-0.39, 0.29) is 0 Å². The molecule has 1 aliphatic heterocycles. The van der Waals surface area contributed by atoms with Crippen LogP contribution < -0.4 is 14.2 Å². The van der Waals surface area contributed by atoms with E-state index in [9.17, 15) is 5.11 Å². The van der Waals surface area contributed by atoms with Gasteiger partial charge in [-0.1, -0.05) is 6.42 Å². The molecule has 6 nitrogen and oxygen atoms in total. The smallest absolute Gasteiger partial charge is 0.203 e. The fourth-order valence-corrected chi connectivity index (χ4v) is 3.66. The third-order valence-corrected chi connectivity index (χ3v) is 5.10. The van der Waals surface area contributed by atoms with Crippen molar-refractivity contribution >= 4 is 0 Å². The van der Waals surface area contributed by atoms with E-state index in [1.807, 2.05) is 12.1 Å². The number of methoxy groups -OCH3 is 3. The monoisotopic (exact) mass is 367 g/mol. The van der Waals surface area contributed by atoms with Gasteiger partial charge in [0.1, 0.15) is 0 Å². The zero-order chi connectivity index (χ0) is 19.1. The second-order valence-electron chi connectivity index (χ2n) is 7.03. The summed E-state index contributed by atoms with van der Waals surface area (Å²) in [5.41, 5.74) is 0.909. The van der Waals surface area contributed by atoms with Crippen molar-refractivity contribution in [3.8, 4) is 17.2 Å². The van der Waals surface area contributed by atoms with Gasteiger partial charge in [0.25, 0.3) is 0 Å². The summed E-state index contributed by atoms with van der Waals surface area (Å²) in [5, 5.41) is 10.4. The zero-order valence-corrected chi connectivity index (χ0v) is 16.7. The number of β-amino-alcohol motifs (C(OH)–C–C–N with tert-alkyl or cyclic N) is 1. The summed E-state index contributed by atoms with van der Waals surface area (Å²) in [7, 11) is 4.76. The maximum absolute atomic E-state index is 10.4. The predicted octanol–water partition coefficient (Wildman–Crippen LogP) is 2.85. The van der Waals surface area contributed by atoms with Gasteiger partial charge in [0.15, 0.2) is 11.5 Å². The number of aliphatic hydroxyl groups is 1. The number of hydrogen-bond acceptors (Lipinski definition) is 6. The Morgan fingerprint density at radius 3 is 2.12 bits per heavy atom. The summed E-state index contributed by atoms with van der Waals surface area (Å²) >= 11 is 0. The quantitative estimate of drug-likeness (QED) is 0.724. The summed E-state index contributed by atoms with van der Waals surface area (Å²) < 4.78 is 21.8. The molecule has 0 aromatic heterocycles. The molecule has 2 rings (SSSR count). The molecule has 1 saturated heterocycles. The number of aliphatic hydroxyl groups excluding tert-OH is 1. The van der Waals surface area contributed by atoms with Gasteiger partial charge in [0, 0.05) is 18.6 Å². The highest BCUT2D eigenvalue weighted by Crippen LogP contribution is 2.38. The normalized spacial score (nSPS) is 22.1. The lowest BCUT2D eigenvalue weighted by molar-refractivity contribution is -0.0135.